The molecule has 0 aromatic heterocycles. The van der Waals surface area contributed by atoms with Crippen LogP contribution in [0.2, 0.25) is 0 Å². The van der Waals surface area contributed by atoms with Gasteiger partial charge in [0.15, 0.2) is 0 Å². The van der Waals surface area contributed by atoms with Crippen molar-refractivity contribution in [2.75, 3.05) is 19.6 Å². The smallest absolute Gasteiger partial charge is 0.0305 e. The topological polar surface area (TPSA) is 24.1 Å². The van der Waals surface area contributed by atoms with E-state index in [9.17, 15) is 0 Å². The van der Waals surface area contributed by atoms with Gasteiger partial charge < -0.3 is 10.6 Å². The molecule has 126 valence electrons. The van der Waals surface area contributed by atoms with Crippen molar-refractivity contribution in [3.63, 3.8) is 0 Å². The first-order valence-electron chi connectivity index (χ1n) is 7.96. The lowest BCUT2D eigenvalue weighted by Gasteiger charge is -2.22. The summed E-state index contributed by atoms with van der Waals surface area (Å²) in [5.74, 6) is 11.2. The highest BCUT2D eigenvalue weighted by Gasteiger charge is 2.14. The molecule has 2 atom stereocenters. The third kappa shape index (κ3) is 14.0. The maximum Gasteiger partial charge on any atom is 0.0305 e. The summed E-state index contributed by atoms with van der Waals surface area (Å²) in [4.78, 5) is 1.14. The van der Waals surface area contributed by atoms with Crippen molar-refractivity contribution in [3.8, 4) is 36.5 Å². The monoisotopic (exact) mass is 330 g/mol. The zero-order valence-corrected chi connectivity index (χ0v) is 15.8. The van der Waals surface area contributed by atoms with Crippen LogP contribution in [-0.4, -0.2) is 30.4 Å². The average molecular weight is 331 g/mol. The maximum atomic E-state index is 5.47. The van der Waals surface area contributed by atoms with Crippen LogP contribution in [0.3, 0.4) is 0 Å². The van der Waals surface area contributed by atoms with Crippen molar-refractivity contribution in [2.24, 2.45) is 5.92 Å². The summed E-state index contributed by atoms with van der Waals surface area (Å²) < 4.78 is 0.188. The molecule has 0 saturated carbocycles. The van der Waals surface area contributed by atoms with E-state index in [2.05, 4.69) is 68.6 Å². The van der Waals surface area contributed by atoms with Gasteiger partial charge in [-0.2, -0.15) is 0 Å². The molecule has 0 aliphatic rings. The first-order chi connectivity index (χ1) is 10.8. The van der Waals surface area contributed by atoms with E-state index in [4.69, 9.17) is 12.8 Å². The van der Waals surface area contributed by atoms with Gasteiger partial charge in [0, 0.05) is 36.7 Å². The second-order valence-electron chi connectivity index (χ2n) is 6.65. The fourth-order valence-electron chi connectivity index (χ4n) is 1.94. The molecule has 0 rings (SSSR count). The molecular formula is C20H30N2S. The van der Waals surface area contributed by atoms with Gasteiger partial charge >= 0.3 is 0 Å². The summed E-state index contributed by atoms with van der Waals surface area (Å²) in [5.41, 5.74) is 0. The van der Waals surface area contributed by atoms with Crippen LogP contribution in [0.5, 0.6) is 0 Å². The van der Waals surface area contributed by atoms with Crippen LogP contribution in [0.1, 0.15) is 40.5 Å². The van der Waals surface area contributed by atoms with Gasteiger partial charge in [0.05, 0.1) is 0 Å². The number of thioether (sulfide) groups is 1. The molecule has 2 nitrogen and oxygen atoms in total. The molecule has 0 radical (unpaired) electrons. The van der Waals surface area contributed by atoms with Gasteiger partial charge in [0.25, 0.3) is 0 Å². The average Bonchev–Trinajstić information content (AvgIpc) is 2.43. The second-order valence-corrected chi connectivity index (χ2v) is 8.66. The van der Waals surface area contributed by atoms with E-state index >= 15 is 0 Å². The van der Waals surface area contributed by atoms with E-state index < -0.39 is 0 Å². The zero-order valence-electron chi connectivity index (χ0n) is 15.0. The molecule has 0 spiro atoms. The van der Waals surface area contributed by atoms with Gasteiger partial charge in [-0.05, 0) is 29.2 Å². The number of hydrogen-bond donors (Lipinski definition) is 2. The van der Waals surface area contributed by atoms with Gasteiger partial charge in [-0.1, -0.05) is 40.2 Å². The SMILES string of the molecule is C#CC#CCC(C)CNCC(CC#C)NCC(=C)SC(C)(C)C. The Balaban J connectivity index is 4.10. The molecular weight excluding hydrogens is 300 g/mol. The minimum Gasteiger partial charge on any atom is -0.315 e. The lowest BCUT2D eigenvalue weighted by atomic mass is 10.1. The maximum absolute atomic E-state index is 5.47. The van der Waals surface area contributed by atoms with E-state index in [0.717, 1.165) is 31.0 Å². The van der Waals surface area contributed by atoms with Gasteiger partial charge in [0.2, 0.25) is 0 Å². The van der Waals surface area contributed by atoms with Crippen molar-refractivity contribution in [3.05, 3.63) is 11.5 Å². The summed E-state index contributed by atoms with van der Waals surface area (Å²) in [6, 6.07) is 0.251. The van der Waals surface area contributed by atoms with Crippen LogP contribution >= 0.6 is 11.8 Å². The molecule has 2 unspecified atom stereocenters. The van der Waals surface area contributed by atoms with Crippen LogP contribution < -0.4 is 10.6 Å². The number of terminal acetylenes is 2. The van der Waals surface area contributed by atoms with Crippen LogP contribution in [0.4, 0.5) is 0 Å². The molecule has 23 heavy (non-hydrogen) atoms. The van der Waals surface area contributed by atoms with Crippen LogP contribution in [0.15, 0.2) is 11.5 Å². The molecule has 0 saturated heterocycles. The van der Waals surface area contributed by atoms with E-state index in [1.165, 1.54) is 0 Å². The van der Waals surface area contributed by atoms with Crippen molar-refractivity contribution in [1.82, 2.24) is 10.6 Å². The predicted molar refractivity (Wildman–Crippen MR) is 105 cm³/mol. The Hall–Kier alpha value is -1.31. The highest BCUT2D eigenvalue weighted by molar-refractivity contribution is 8.04. The van der Waals surface area contributed by atoms with Crippen molar-refractivity contribution in [1.29, 1.82) is 0 Å². The Kier molecular flexibility index (Phi) is 11.5. The largest absolute Gasteiger partial charge is 0.315 e. The van der Waals surface area contributed by atoms with Crippen LogP contribution in [0.25, 0.3) is 0 Å². The second kappa shape index (κ2) is 12.2. The quantitative estimate of drug-likeness (QED) is 0.601. The Morgan fingerprint density at radius 2 is 1.91 bits per heavy atom. The van der Waals surface area contributed by atoms with Crippen LogP contribution in [-0.2, 0) is 0 Å². The lowest BCUT2D eigenvalue weighted by Crippen LogP contribution is -2.40. The first kappa shape index (κ1) is 21.7. The molecule has 0 fully saturated rings. The van der Waals surface area contributed by atoms with Crippen molar-refractivity contribution in [2.45, 2.75) is 51.3 Å². The van der Waals surface area contributed by atoms with E-state index in [1.54, 1.807) is 11.8 Å². The Labute approximate surface area is 147 Å². The summed E-state index contributed by atoms with van der Waals surface area (Å²) in [7, 11) is 0. The molecule has 2 N–H and O–H groups in total. The summed E-state index contributed by atoms with van der Waals surface area (Å²) in [6.45, 7) is 15.4. The van der Waals surface area contributed by atoms with E-state index in [0.29, 0.717) is 12.3 Å². The summed E-state index contributed by atoms with van der Waals surface area (Å²) in [6.07, 6.45) is 12.1. The third-order valence-electron chi connectivity index (χ3n) is 2.90. The zero-order chi connectivity index (χ0) is 17.7. The number of nitrogens with one attached hydrogen (secondary N) is 2. The van der Waals surface area contributed by atoms with Gasteiger partial charge in [-0.3, -0.25) is 0 Å². The van der Waals surface area contributed by atoms with Gasteiger partial charge in [-0.15, -0.1) is 30.5 Å². The van der Waals surface area contributed by atoms with Gasteiger partial charge in [-0.25, -0.2) is 0 Å². The van der Waals surface area contributed by atoms with Crippen molar-refractivity contribution >= 4 is 11.8 Å². The summed E-state index contributed by atoms with van der Waals surface area (Å²) in [5, 5.41) is 6.94. The van der Waals surface area contributed by atoms with E-state index in [-0.39, 0.29) is 10.8 Å². The Morgan fingerprint density at radius 3 is 2.48 bits per heavy atom. The normalized spacial score (nSPS) is 13.1. The predicted octanol–water partition coefficient (Wildman–Crippen LogP) is 3.27. The molecule has 3 heteroatoms. The standard InChI is InChI=1S/C20H30N2S/c1-8-10-11-13-17(3)14-21-16-19(12-9-2)22-15-18(4)23-20(5,6)7/h1-2,17,19,21-22H,4,12-16H2,3,5-7H3. The molecule has 0 amide bonds. The van der Waals surface area contributed by atoms with Crippen LogP contribution in [0, 0.1) is 42.4 Å². The molecule has 0 heterocycles. The fourth-order valence-corrected chi connectivity index (χ4v) is 2.96. The number of hydrogen-bond acceptors (Lipinski definition) is 3. The molecule has 0 bridgehead atoms. The molecule has 0 aromatic rings. The van der Waals surface area contributed by atoms with Gasteiger partial charge in [0.1, 0.15) is 0 Å². The Morgan fingerprint density at radius 1 is 1.22 bits per heavy atom. The minimum atomic E-state index is 0.188. The van der Waals surface area contributed by atoms with E-state index in [1.807, 2.05) is 0 Å². The lowest BCUT2D eigenvalue weighted by molar-refractivity contribution is 0.459. The van der Waals surface area contributed by atoms with Crippen molar-refractivity contribution < 1.29 is 0 Å². The fraction of sp³-hybridized carbons (Fsp3) is 0.600. The summed E-state index contributed by atoms with van der Waals surface area (Å²) >= 11 is 1.80. The highest BCUT2D eigenvalue weighted by atomic mass is 32.2. The number of rotatable bonds is 10. The molecule has 0 aromatic carbocycles. The first-order valence-corrected chi connectivity index (χ1v) is 8.78. The highest BCUT2D eigenvalue weighted by Crippen LogP contribution is 2.29. The third-order valence-corrected chi connectivity index (χ3v) is 3.94. The molecule has 0 aliphatic heterocycles. The Bertz CT molecular complexity index is 491. The minimum absolute atomic E-state index is 0.188. The molecule has 0 aliphatic carbocycles.